The van der Waals surface area contributed by atoms with Crippen molar-refractivity contribution in [1.29, 1.82) is 0 Å². The Balaban J connectivity index is 1.62. The van der Waals surface area contributed by atoms with Gasteiger partial charge in [-0.1, -0.05) is 11.6 Å². The highest BCUT2D eigenvalue weighted by Crippen LogP contribution is 2.20. The minimum Gasteiger partial charge on any atom is -0.379 e. The van der Waals surface area contributed by atoms with Crippen LogP contribution in [0.1, 0.15) is 17.5 Å². The molecule has 150 valence electrons. The van der Waals surface area contributed by atoms with Crippen LogP contribution < -0.4 is 5.32 Å². The van der Waals surface area contributed by atoms with Crippen LogP contribution in [0.2, 0.25) is 5.02 Å². The van der Waals surface area contributed by atoms with E-state index in [-0.39, 0.29) is 0 Å². The van der Waals surface area contributed by atoms with E-state index < -0.39 is 0 Å². The van der Waals surface area contributed by atoms with E-state index in [1.165, 1.54) is 5.56 Å². The van der Waals surface area contributed by atoms with Crippen LogP contribution in [0.25, 0.3) is 0 Å². The van der Waals surface area contributed by atoms with Gasteiger partial charge in [0.15, 0.2) is 5.11 Å². The van der Waals surface area contributed by atoms with Gasteiger partial charge in [-0.25, -0.2) is 0 Å². The third-order valence-electron chi connectivity index (χ3n) is 4.85. The van der Waals surface area contributed by atoms with Crippen molar-refractivity contribution in [3.8, 4) is 0 Å². The van der Waals surface area contributed by atoms with Crippen molar-refractivity contribution in [1.82, 2.24) is 14.8 Å². The number of benzene rings is 1. The van der Waals surface area contributed by atoms with E-state index in [2.05, 4.69) is 20.1 Å². The Kier molecular flexibility index (Phi) is 8.03. The van der Waals surface area contributed by atoms with E-state index in [9.17, 15) is 0 Å². The van der Waals surface area contributed by atoms with Crippen LogP contribution in [-0.4, -0.2) is 59.3 Å². The predicted octanol–water partition coefficient (Wildman–Crippen LogP) is 3.96. The molecule has 3 rings (SSSR count). The summed E-state index contributed by atoms with van der Waals surface area (Å²) >= 11 is 11.8. The van der Waals surface area contributed by atoms with E-state index in [0.29, 0.717) is 0 Å². The SMILES string of the molecule is Cc1cc(Cl)ccc1NC(=S)N(CCCN1CCOCC1)Cc1ccncc1. The molecule has 0 unspecified atom stereocenters. The highest BCUT2D eigenvalue weighted by Gasteiger charge is 2.14. The van der Waals surface area contributed by atoms with E-state index >= 15 is 0 Å². The number of pyridine rings is 1. The number of halogens is 1. The molecule has 5 nitrogen and oxygen atoms in total. The Morgan fingerprint density at radius 2 is 2.00 bits per heavy atom. The first-order valence-electron chi connectivity index (χ1n) is 9.63. The molecule has 0 atom stereocenters. The number of nitrogens with zero attached hydrogens (tertiary/aromatic N) is 3. The predicted molar refractivity (Wildman–Crippen MR) is 119 cm³/mol. The van der Waals surface area contributed by atoms with Crippen molar-refractivity contribution >= 4 is 34.6 Å². The molecule has 0 bridgehead atoms. The first-order valence-corrected chi connectivity index (χ1v) is 10.4. The second-order valence-electron chi connectivity index (χ2n) is 6.97. The van der Waals surface area contributed by atoms with Gasteiger partial charge in [0.2, 0.25) is 0 Å². The number of rotatable bonds is 7. The monoisotopic (exact) mass is 418 g/mol. The van der Waals surface area contributed by atoms with Crippen molar-refractivity contribution in [2.45, 2.75) is 19.9 Å². The zero-order chi connectivity index (χ0) is 19.8. The van der Waals surface area contributed by atoms with Gasteiger partial charge in [-0.15, -0.1) is 0 Å². The zero-order valence-electron chi connectivity index (χ0n) is 16.2. The minimum absolute atomic E-state index is 0.726. The lowest BCUT2D eigenvalue weighted by molar-refractivity contribution is 0.0368. The summed E-state index contributed by atoms with van der Waals surface area (Å²) in [7, 11) is 0. The van der Waals surface area contributed by atoms with E-state index in [1.54, 1.807) is 0 Å². The number of aryl methyl sites for hydroxylation is 1. The third kappa shape index (κ3) is 6.41. The number of ether oxygens (including phenoxy) is 1. The third-order valence-corrected chi connectivity index (χ3v) is 5.44. The molecule has 0 amide bonds. The Labute approximate surface area is 177 Å². The number of morpholine rings is 1. The van der Waals surface area contributed by atoms with E-state index in [4.69, 9.17) is 28.6 Å². The van der Waals surface area contributed by atoms with Crippen LogP contribution in [0.3, 0.4) is 0 Å². The van der Waals surface area contributed by atoms with Crippen LogP contribution in [0.4, 0.5) is 5.69 Å². The summed E-state index contributed by atoms with van der Waals surface area (Å²) in [5.74, 6) is 0. The standard InChI is InChI=1S/C21H27ClN4OS/c1-17-15-19(22)3-4-20(17)24-21(28)26(16-18-5-7-23-8-6-18)10-2-9-25-11-13-27-14-12-25/h3-8,15H,2,9-14,16H2,1H3,(H,24,28). The van der Waals surface area contributed by atoms with Gasteiger partial charge in [-0.3, -0.25) is 9.88 Å². The van der Waals surface area contributed by atoms with Crippen LogP contribution in [0.5, 0.6) is 0 Å². The first-order chi connectivity index (χ1) is 13.6. The number of hydrogen-bond acceptors (Lipinski definition) is 4. The van der Waals surface area contributed by atoms with Gasteiger partial charge in [0.25, 0.3) is 0 Å². The molecule has 1 N–H and O–H groups in total. The van der Waals surface area contributed by atoms with Gasteiger partial charge < -0.3 is 15.0 Å². The van der Waals surface area contributed by atoms with Crippen LogP contribution >= 0.6 is 23.8 Å². The Morgan fingerprint density at radius 1 is 1.25 bits per heavy atom. The molecule has 0 radical (unpaired) electrons. The normalized spacial score (nSPS) is 14.6. The van der Waals surface area contributed by atoms with Crippen molar-refractivity contribution in [2.75, 3.05) is 44.7 Å². The highest BCUT2D eigenvalue weighted by molar-refractivity contribution is 7.80. The molecule has 0 saturated carbocycles. The maximum atomic E-state index is 6.08. The molecule has 7 heteroatoms. The van der Waals surface area contributed by atoms with Crippen LogP contribution in [0, 0.1) is 6.92 Å². The maximum Gasteiger partial charge on any atom is 0.173 e. The summed E-state index contributed by atoms with van der Waals surface area (Å²) in [5.41, 5.74) is 3.26. The summed E-state index contributed by atoms with van der Waals surface area (Å²) in [5, 5.41) is 4.85. The Hall–Kier alpha value is -1.73. The fourth-order valence-electron chi connectivity index (χ4n) is 3.23. The topological polar surface area (TPSA) is 40.6 Å². The molecule has 1 aliphatic rings. The molecule has 0 spiro atoms. The van der Waals surface area contributed by atoms with Crippen LogP contribution in [-0.2, 0) is 11.3 Å². The fourth-order valence-corrected chi connectivity index (χ4v) is 3.72. The van der Waals surface area contributed by atoms with Gasteiger partial charge in [0.05, 0.1) is 13.2 Å². The van der Waals surface area contributed by atoms with Crippen molar-refractivity contribution < 1.29 is 4.74 Å². The Morgan fingerprint density at radius 3 is 2.71 bits per heavy atom. The lowest BCUT2D eigenvalue weighted by atomic mass is 10.2. The molecule has 1 saturated heterocycles. The summed E-state index contributed by atoms with van der Waals surface area (Å²) in [4.78, 5) is 8.78. The number of nitrogens with one attached hydrogen (secondary N) is 1. The summed E-state index contributed by atoms with van der Waals surface area (Å²) < 4.78 is 5.43. The molecule has 1 aromatic carbocycles. The number of aromatic nitrogens is 1. The molecule has 0 aliphatic carbocycles. The number of hydrogen-bond donors (Lipinski definition) is 1. The number of thiocarbonyl (C=S) groups is 1. The van der Waals surface area contributed by atoms with Crippen molar-refractivity contribution in [3.63, 3.8) is 0 Å². The summed E-state index contributed by atoms with van der Waals surface area (Å²) in [6.07, 6.45) is 4.69. The quantitative estimate of drug-likeness (QED) is 0.686. The average Bonchev–Trinajstić information content (AvgIpc) is 2.71. The van der Waals surface area contributed by atoms with E-state index in [0.717, 1.165) is 73.7 Å². The molecular formula is C21H27ClN4OS. The van der Waals surface area contributed by atoms with Crippen molar-refractivity contribution in [2.24, 2.45) is 0 Å². The van der Waals surface area contributed by atoms with Crippen molar-refractivity contribution in [3.05, 3.63) is 58.9 Å². The number of anilines is 1. The van der Waals surface area contributed by atoms with Gasteiger partial charge in [-0.05, 0) is 67.0 Å². The molecule has 2 aromatic rings. The molecule has 1 fully saturated rings. The lowest BCUT2D eigenvalue weighted by Gasteiger charge is -2.30. The molecule has 1 aliphatic heterocycles. The van der Waals surface area contributed by atoms with Gasteiger partial charge in [0.1, 0.15) is 0 Å². The fraction of sp³-hybridized carbons (Fsp3) is 0.429. The van der Waals surface area contributed by atoms with E-state index in [1.807, 2.05) is 49.6 Å². The van der Waals surface area contributed by atoms with Crippen LogP contribution in [0.15, 0.2) is 42.7 Å². The van der Waals surface area contributed by atoms with Gasteiger partial charge >= 0.3 is 0 Å². The molecule has 1 aromatic heterocycles. The smallest absolute Gasteiger partial charge is 0.173 e. The average molecular weight is 419 g/mol. The van der Waals surface area contributed by atoms with Gasteiger partial charge in [0, 0.05) is 55.8 Å². The first kappa shape index (κ1) is 21.0. The van der Waals surface area contributed by atoms with Gasteiger partial charge in [-0.2, -0.15) is 0 Å². The highest BCUT2D eigenvalue weighted by atomic mass is 35.5. The second kappa shape index (κ2) is 10.7. The second-order valence-corrected chi connectivity index (χ2v) is 7.80. The largest absolute Gasteiger partial charge is 0.379 e. The Bertz CT molecular complexity index is 768. The molecule has 2 heterocycles. The maximum absolute atomic E-state index is 6.08. The summed E-state index contributed by atoms with van der Waals surface area (Å²) in [6.45, 7) is 8.41. The lowest BCUT2D eigenvalue weighted by Crippen LogP contribution is -2.40. The molecule has 28 heavy (non-hydrogen) atoms. The zero-order valence-corrected chi connectivity index (χ0v) is 17.8. The summed E-state index contributed by atoms with van der Waals surface area (Å²) in [6, 6.07) is 9.86. The molecular weight excluding hydrogens is 392 g/mol. The minimum atomic E-state index is 0.726.